The van der Waals surface area contributed by atoms with Crippen LogP contribution in [0.3, 0.4) is 0 Å². The SMILES string of the molecule is CN1CCC(Nc2cc(F)ccc2[N+](=O)[O-])C1=O. The number of nitrogens with one attached hydrogen (secondary N) is 1. The fourth-order valence-electron chi connectivity index (χ4n) is 1.93. The molecule has 0 spiro atoms. The Morgan fingerprint density at radius 1 is 1.56 bits per heavy atom. The van der Waals surface area contributed by atoms with E-state index in [-0.39, 0.29) is 17.3 Å². The molecule has 0 aliphatic carbocycles. The number of rotatable bonds is 3. The van der Waals surface area contributed by atoms with Gasteiger partial charge in [0.1, 0.15) is 17.5 Å². The number of hydrogen-bond acceptors (Lipinski definition) is 4. The van der Waals surface area contributed by atoms with E-state index in [1.165, 1.54) is 4.90 Å². The van der Waals surface area contributed by atoms with Gasteiger partial charge in [-0.2, -0.15) is 0 Å². The third kappa shape index (κ3) is 2.24. The van der Waals surface area contributed by atoms with E-state index < -0.39 is 16.8 Å². The van der Waals surface area contributed by atoms with Gasteiger partial charge in [0.15, 0.2) is 0 Å². The zero-order valence-corrected chi connectivity index (χ0v) is 9.72. The van der Waals surface area contributed by atoms with E-state index in [0.717, 1.165) is 18.2 Å². The molecule has 1 aromatic carbocycles. The van der Waals surface area contributed by atoms with Crippen molar-refractivity contribution in [3.8, 4) is 0 Å². The van der Waals surface area contributed by atoms with Gasteiger partial charge in [0.2, 0.25) is 5.91 Å². The second kappa shape index (κ2) is 4.59. The summed E-state index contributed by atoms with van der Waals surface area (Å²) in [5.41, 5.74) is -0.201. The van der Waals surface area contributed by atoms with E-state index in [4.69, 9.17) is 0 Å². The number of benzene rings is 1. The molecule has 0 radical (unpaired) electrons. The van der Waals surface area contributed by atoms with Crippen LogP contribution in [0.5, 0.6) is 0 Å². The number of amides is 1. The number of hydrogen-bond donors (Lipinski definition) is 1. The minimum Gasteiger partial charge on any atom is -0.368 e. The van der Waals surface area contributed by atoms with Gasteiger partial charge in [0.25, 0.3) is 5.69 Å². The van der Waals surface area contributed by atoms with Gasteiger partial charge in [-0.25, -0.2) is 4.39 Å². The quantitative estimate of drug-likeness (QED) is 0.652. The molecule has 2 rings (SSSR count). The topological polar surface area (TPSA) is 75.5 Å². The summed E-state index contributed by atoms with van der Waals surface area (Å²) in [5, 5.41) is 13.5. The normalized spacial score (nSPS) is 19.1. The van der Waals surface area contributed by atoms with Crippen LogP contribution in [0.15, 0.2) is 18.2 Å². The zero-order chi connectivity index (χ0) is 13.3. The molecule has 96 valence electrons. The first kappa shape index (κ1) is 12.3. The lowest BCUT2D eigenvalue weighted by molar-refractivity contribution is -0.384. The smallest absolute Gasteiger partial charge is 0.292 e. The molecule has 1 amide bonds. The molecule has 7 heteroatoms. The molecule has 1 aliphatic rings. The Hall–Kier alpha value is -2.18. The Labute approximate surface area is 103 Å². The Bertz CT molecular complexity index is 506. The molecule has 1 aromatic rings. The van der Waals surface area contributed by atoms with E-state index in [0.29, 0.717) is 13.0 Å². The molecule has 1 saturated heterocycles. The second-order valence-corrected chi connectivity index (χ2v) is 4.16. The molecule has 6 nitrogen and oxygen atoms in total. The molecule has 0 saturated carbocycles. The monoisotopic (exact) mass is 253 g/mol. The van der Waals surface area contributed by atoms with E-state index in [2.05, 4.69) is 5.32 Å². The summed E-state index contributed by atoms with van der Waals surface area (Å²) in [6, 6.07) is 2.60. The molecule has 1 atom stereocenters. The largest absolute Gasteiger partial charge is 0.368 e. The van der Waals surface area contributed by atoms with Crippen molar-refractivity contribution in [2.75, 3.05) is 18.9 Å². The lowest BCUT2D eigenvalue weighted by Crippen LogP contribution is -2.31. The summed E-state index contributed by atoms with van der Waals surface area (Å²) in [6.45, 7) is 0.583. The first-order valence-corrected chi connectivity index (χ1v) is 5.44. The summed E-state index contributed by atoms with van der Waals surface area (Å²) in [5.74, 6) is -0.726. The van der Waals surface area contributed by atoms with E-state index in [9.17, 15) is 19.3 Å². The zero-order valence-electron chi connectivity index (χ0n) is 9.72. The van der Waals surface area contributed by atoms with Gasteiger partial charge >= 0.3 is 0 Å². The first-order chi connectivity index (χ1) is 8.49. The number of carbonyl (C=O) groups is 1. The van der Waals surface area contributed by atoms with Crippen LogP contribution < -0.4 is 5.32 Å². The summed E-state index contributed by atoms with van der Waals surface area (Å²) < 4.78 is 13.1. The van der Waals surface area contributed by atoms with Crippen molar-refractivity contribution in [3.63, 3.8) is 0 Å². The van der Waals surface area contributed by atoms with Crippen molar-refractivity contribution in [1.82, 2.24) is 4.90 Å². The van der Waals surface area contributed by atoms with Crippen LogP contribution in [0, 0.1) is 15.9 Å². The molecule has 1 fully saturated rings. The van der Waals surface area contributed by atoms with Crippen LogP contribution in [0.1, 0.15) is 6.42 Å². The minimum absolute atomic E-state index is 0.0358. The minimum atomic E-state index is -0.606. The first-order valence-electron chi connectivity index (χ1n) is 5.44. The van der Waals surface area contributed by atoms with Gasteiger partial charge in [-0.1, -0.05) is 0 Å². The molecule has 1 heterocycles. The predicted octanol–water partition coefficient (Wildman–Crippen LogP) is 1.38. The Kier molecular flexibility index (Phi) is 3.14. The van der Waals surface area contributed by atoms with Crippen molar-refractivity contribution in [3.05, 3.63) is 34.1 Å². The van der Waals surface area contributed by atoms with Crippen LogP contribution in [-0.4, -0.2) is 35.4 Å². The standard InChI is InChI=1S/C11H12FN3O3/c1-14-5-4-8(11(14)16)13-9-6-7(12)2-3-10(9)15(17)18/h2-3,6,8,13H,4-5H2,1H3. The number of nitro benzene ring substituents is 1. The van der Waals surface area contributed by atoms with Crippen LogP contribution in [-0.2, 0) is 4.79 Å². The van der Waals surface area contributed by atoms with Gasteiger partial charge < -0.3 is 10.2 Å². The number of likely N-dealkylation sites (N-methyl/N-ethyl adjacent to an activating group) is 1. The third-order valence-corrected chi connectivity index (χ3v) is 2.91. The Morgan fingerprint density at radius 2 is 2.28 bits per heavy atom. The number of nitro groups is 1. The predicted molar refractivity (Wildman–Crippen MR) is 62.7 cm³/mol. The summed E-state index contributed by atoms with van der Waals surface area (Å²) >= 11 is 0. The lowest BCUT2D eigenvalue weighted by Gasteiger charge is -2.13. The molecule has 1 N–H and O–H groups in total. The average molecular weight is 253 g/mol. The van der Waals surface area contributed by atoms with Crippen molar-refractivity contribution < 1.29 is 14.1 Å². The van der Waals surface area contributed by atoms with E-state index in [1.807, 2.05) is 0 Å². The maximum Gasteiger partial charge on any atom is 0.292 e. The van der Waals surface area contributed by atoms with Gasteiger partial charge in [-0.15, -0.1) is 0 Å². The van der Waals surface area contributed by atoms with Gasteiger partial charge in [-0.3, -0.25) is 14.9 Å². The van der Waals surface area contributed by atoms with Gasteiger partial charge in [0.05, 0.1) is 4.92 Å². The van der Waals surface area contributed by atoms with Crippen LogP contribution in [0.25, 0.3) is 0 Å². The highest BCUT2D eigenvalue weighted by atomic mass is 19.1. The van der Waals surface area contributed by atoms with E-state index in [1.54, 1.807) is 7.05 Å². The fraction of sp³-hybridized carbons (Fsp3) is 0.364. The number of nitrogens with zero attached hydrogens (tertiary/aromatic N) is 2. The van der Waals surface area contributed by atoms with E-state index >= 15 is 0 Å². The highest BCUT2D eigenvalue weighted by molar-refractivity contribution is 5.87. The number of anilines is 1. The molecule has 0 bridgehead atoms. The third-order valence-electron chi connectivity index (χ3n) is 2.91. The van der Waals surface area contributed by atoms with Gasteiger partial charge in [0, 0.05) is 25.7 Å². The summed E-state index contributed by atoms with van der Waals surface area (Å²) in [4.78, 5) is 23.4. The lowest BCUT2D eigenvalue weighted by atomic mass is 10.2. The molecule has 1 aliphatic heterocycles. The number of carbonyl (C=O) groups excluding carboxylic acids is 1. The molecule has 18 heavy (non-hydrogen) atoms. The number of likely N-dealkylation sites (tertiary alicyclic amines) is 1. The summed E-state index contributed by atoms with van der Waals surface area (Å²) in [7, 11) is 1.66. The Morgan fingerprint density at radius 3 is 2.83 bits per heavy atom. The molecular weight excluding hydrogens is 241 g/mol. The average Bonchev–Trinajstić information content (AvgIpc) is 2.61. The Balaban J connectivity index is 2.25. The molecule has 1 unspecified atom stereocenters. The fourth-order valence-corrected chi connectivity index (χ4v) is 1.93. The van der Waals surface area contributed by atoms with Crippen LogP contribution in [0.2, 0.25) is 0 Å². The van der Waals surface area contributed by atoms with Crippen molar-refractivity contribution in [2.45, 2.75) is 12.5 Å². The molecule has 0 aromatic heterocycles. The highest BCUT2D eigenvalue weighted by Gasteiger charge is 2.30. The number of halogens is 1. The highest BCUT2D eigenvalue weighted by Crippen LogP contribution is 2.27. The maximum atomic E-state index is 13.1. The van der Waals surface area contributed by atoms with Crippen LogP contribution in [0.4, 0.5) is 15.8 Å². The second-order valence-electron chi connectivity index (χ2n) is 4.16. The van der Waals surface area contributed by atoms with Crippen LogP contribution >= 0.6 is 0 Å². The summed E-state index contributed by atoms with van der Waals surface area (Å²) in [6.07, 6.45) is 0.545. The van der Waals surface area contributed by atoms with Gasteiger partial charge in [-0.05, 0) is 12.5 Å². The van der Waals surface area contributed by atoms with Crippen molar-refractivity contribution in [2.24, 2.45) is 0 Å². The van der Waals surface area contributed by atoms with Crippen molar-refractivity contribution >= 4 is 17.3 Å². The molecular formula is C11H12FN3O3. The van der Waals surface area contributed by atoms with Crippen molar-refractivity contribution in [1.29, 1.82) is 0 Å². The maximum absolute atomic E-state index is 13.1.